The Balaban J connectivity index is 3.07. The van der Waals surface area contributed by atoms with Crippen molar-refractivity contribution in [2.45, 2.75) is 26.2 Å². The molecule has 0 aliphatic rings. The van der Waals surface area contributed by atoms with Gasteiger partial charge in [0, 0.05) is 0 Å². The summed E-state index contributed by atoms with van der Waals surface area (Å²) in [5.74, 6) is -1.50. The molecule has 0 radical (unpaired) electrons. The molecular formula is C12H13NO2. The highest BCUT2D eigenvalue weighted by molar-refractivity contribution is 5.69. The minimum atomic E-state index is -0.942. The van der Waals surface area contributed by atoms with E-state index in [4.69, 9.17) is 10.4 Å². The Morgan fingerprint density at radius 3 is 2.73 bits per heavy atom. The molecule has 0 heterocycles. The molecule has 0 aliphatic carbocycles. The summed E-state index contributed by atoms with van der Waals surface area (Å²) in [4.78, 5) is 10.6. The number of aliphatic carboxylic acids is 1. The summed E-state index contributed by atoms with van der Waals surface area (Å²) in [6.45, 7) is 3.82. The van der Waals surface area contributed by atoms with E-state index in [1.807, 2.05) is 38.1 Å². The minimum Gasteiger partial charge on any atom is -0.481 e. The molecule has 3 heteroatoms. The van der Waals surface area contributed by atoms with Gasteiger partial charge in [-0.3, -0.25) is 4.79 Å². The second-order valence-corrected chi connectivity index (χ2v) is 3.64. The summed E-state index contributed by atoms with van der Waals surface area (Å²) in [7, 11) is 0. The quantitative estimate of drug-likeness (QED) is 0.820. The third-order valence-electron chi connectivity index (χ3n) is 2.34. The summed E-state index contributed by atoms with van der Waals surface area (Å²) in [6.07, 6.45) is -0.138. The van der Waals surface area contributed by atoms with E-state index in [0.29, 0.717) is 0 Å². The highest BCUT2D eigenvalue weighted by atomic mass is 16.4. The SMILES string of the molecule is Cc1ccc(C)c(C(C#N)CC(=O)O)c1. The molecule has 0 saturated carbocycles. The van der Waals surface area contributed by atoms with E-state index in [0.717, 1.165) is 16.7 Å². The van der Waals surface area contributed by atoms with E-state index in [9.17, 15) is 4.79 Å². The monoisotopic (exact) mass is 203 g/mol. The van der Waals surface area contributed by atoms with Crippen LogP contribution in [-0.4, -0.2) is 11.1 Å². The molecule has 1 N–H and O–H groups in total. The largest absolute Gasteiger partial charge is 0.481 e. The van der Waals surface area contributed by atoms with E-state index in [1.54, 1.807) is 0 Å². The van der Waals surface area contributed by atoms with Crippen molar-refractivity contribution < 1.29 is 9.90 Å². The minimum absolute atomic E-state index is 0.138. The number of aryl methyl sites for hydroxylation is 2. The average Bonchev–Trinajstić information content (AvgIpc) is 2.18. The molecule has 78 valence electrons. The number of hydrogen-bond donors (Lipinski definition) is 1. The molecule has 1 aromatic rings. The molecule has 0 aromatic heterocycles. The van der Waals surface area contributed by atoms with Gasteiger partial charge in [0.2, 0.25) is 0 Å². The fourth-order valence-corrected chi connectivity index (χ4v) is 1.54. The van der Waals surface area contributed by atoms with Crippen molar-refractivity contribution in [3.63, 3.8) is 0 Å². The zero-order valence-electron chi connectivity index (χ0n) is 8.82. The van der Waals surface area contributed by atoms with Gasteiger partial charge in [0.25, 0.3) is 0 Å². The van der Waals surface area contributed by atoms with Crippen molar-refractivity contribution in [2.24, 2.45) is 0 Å². The molecule has 15 heavy (non-hydrogen) atoms. The van der Waals surface area contributed by atoms with Gasteiger partial charge in [-0.05, 0) is 25.0 Å². The van der Waals surface area contributed by atoms with Gasteiger partial charge in [-0.1, -0.05) is 23.8 Å². The van der Waals surface area contributed by atoms with Crippen molar-refractivity contribution in [1.82, 2.24) is 0 Å². The van der Waals surface area contributed by atoms with Crippen molar-refractivity contribution in [2.75, 3.05) is 0 Å². The van der Waals surface area contributed by atoms with Gasteiger partial charge in [0.1, 0.15) is 0 Å². The van der Waals surface area contributed by atoms with Crippen LogP contribution in [0.5, 0.6) is 0 Å². The first kappa shape index (κ1) is 11.3. The van der Waals surface area contributed by atoms with Crippen LogP contribution in [0.4, 0.5) is 0 Å². The van der Waals surface area contributed by atoms with Crippen molar-refractivity contribution in [3.05, 3.63) is 34.9 Å². The van der Waals surface area contributed by atoms with E-state index in [-0.39, 0.29) is 6.42 Å². The Kier molecular flexibility index (Phi) is 3.46. The lowest BCUT2D eigenvalue weighted by Gasteiger charge is -2.10. The molecule has 1 atom stereocenters. The van der Waals surface area contributed by atoms with Gasteiger partial charge in [-0.25, -0.2) is 0 Å². The molecule has 0 aliphatic heterocycles. The van der Waals surface area contributed by atoms with Gasteiger partial charge in [0.15, 0.2) is 0 Å². The summed E-state index contributed by atoms with van der Waals surface area (Å²) < 4.78 is 0. The van der Waals surface area contributed by atoms with E-state index in [1.165, 1.54) is 0 Å². The van der Waals surface area contributed by atoms with Crippen LogP contribution in [-0.2, 0) is 4.79 Å². The van der Waals surface area contributed by atoms with Gasteiger partial charge < -0.3 is 5.11 Å². The molecule has 3 nitrogen and oxygen atoms in total. The third-order valence-corrected chi connectivity index (χ3v) is 2.34. The first-order chi connectivity index (χ1) is 7.04. The summed E-state index contributed by atoms with van der Waals surface area (Å²) in [6, 6.07) is 7.78. The lowest BCUT2D eigenvalue weighted by Crippen LogP contribution is -2.06. The Hall–Kier alpha value is -1.82. The molecule has 0 saturated heterocycles. The van der Waals surface area contributed by atoms with E-state index >= 15 is 0 Å². The number of nitrogens with zero attached hydrogens (tertiary/aromatic N) is 1. The number of hydrogen-bond acceptors (Lipinski definition) is 2. The number of nitriles is 1. The zero-order valence-corrected chi connectivity index (χ0v) is 8.82. The van der Waals surface area contributed by atoms with Crippen LogP contribution in [0.3, 0.4) is 0 Å². The summed E-state index contributed by atoms with van der Waals surface area (Å²) >= 11 is 0. The molecular weight excluding hydrogens is 190 g/mol. The number of carboxylic acids is 1. The van der Waals surface area contributed by atoms with Gasteiger partial charge >= 0.3 is 5.97 Å². The van der Waals surface area contributed by atoms with Crippen LogP contribution in [0.15, 0.2) is 18.2 Å². The van der Waals surface area contributed by atoms with Crippen molar-refractivity contribution in [3.8, 4) is 6.07 Å². The highest BCUT2D eigenvalue weighted by Crippen LogP contribution is 2.23. The fourth-order valence-electron chi connectivity index (χ4n) is 1.54. The number of carboxylic acid groups (broad SMARTS) is 1. The third kappa shape index (κ3) is 2.81. The second-order valence-electron chi connectivity index (χ2n) is 3.64. The Labute approximate surface area is 89.0 Å². The average molecular weight is 203 g/mol. The van der Waals surface area contributed by atoms with Crippen molar-refractivity contribution >= 4 is 5.97 Å². The van der Waals surface area contributed by atoms with Gasteiger partial charge in [0.05, 0.1) is 18.4 Å². The smallest absolute Gasteiger partial charge is 0.305 e. The summed E-state index contributed by atoms with van der Waals surface area (Å²) in [5, 5.41) is 17.6. The molecule has 1 unspecified atom stereocenters. The van der Waals surface area contributed by atoms with Crippen molar-refractivity contribution in [1.29, 1.82) is 5.26 Å². The van der Waals surface area contributed by atoms with Gasteiger partial charge in [-0.2, -0.15) is 5.26 Å². The predicted molar refractivity (Wildman–Crippen MR) is 56.5 cm³/mol. The highest BCUT2D eigenvalue weighted by Gasteiger charge is 2.16. The van der Waals surface area contributed by atoms with E-state index < -0.39 is 11.9 Å². The normalized spacial score (nSPS) is 11.8. The van der Waals surface area contributed by atoms with Gasteiger partial charge in [-0.15, -0.1) is 0 Å². The number of rotatable bonds is 3. The maximum absolute atomic E-state index is 10.6. The number of benzene rings is 1. The fraction of sp³-hybridized carbons (Fsp3) is 0.333. The molecule has 0 spiro atoms. The maximum atomic E-state index is 10.6. The maximum Gasteiger partial charge on any atom is 0.305 e. The zero-order chi connectivity index (χ0) is 11.4. The molecule has 0 fully saturated rings. The van der Waals surface area contributed by atoms with Crippen LogP contribution in [0.2, 0.25) is 0 Å². The van der Waals surface area contributed by atoms with Crippen LogP contribution in [0.25, 0.3) is 0 Å². The lowest BCUT2D eigenvalue weighted by atomic mass is 9.92. The van der Waals surface area contributed by atoms with Crippen LogP contribution in [0.1, 0.15) is 29.0 Å². The number of carbonyl (C=O) groups is 1. The molecule has 0 amide bonds. The molecule has 1 aromatic carbocycles. The standard InChI is InChI=1S/C12H13NO2/c1-8-3-4-9(2)11(5-8)10(7-13)6-12(14)15/h3-5,10H,6H2,1-2H3,(H,14,15). The predicted octanol–water partition coefficient (Wildman–Crippen LogP) is 2.39. The Morgan fingerprint density at radius 1 is 1.53 bits per heavy atom. The lowest BCUT2D eigenvalue weighted by molar-refractivity contribution is -0.137. The molecule has 0 bridgehead atoms. The topological polar surface area (TPSA) is 61.1 Å². The van der Waals surface area contributed by atoms with Crippen LogP contribution < -0.4 is 0 Å². The second kappa shape index (κ2) is 4.61. The Bertz CT molecular complexity index is 418. The molecule has 1 rings (SSSR count). The van der Waals surface area contributed by atoms with Crippen LogP contribution >= 0.6 is 0 Å². The Morgan fingerprint density at radius 2 is 2.20 bits per heavy atom. The van der Waals surface area contributed by atoms with E-state index in [2.05, 4.69) is 0 Å². The summed E-state index contributed by atoms with van der Waals surface area (Å²) in [5.41, 5.74) is 2.83. The van der Waals surface area contributed by atoms with Crippen LogP contribution in [0, 0.1) is 25.2 Å². The first-order valence-electron chi connectivity index (χ1n) is 4.73. The first-order valence-corrected chi connectivity index (χ1v) is 4.73.